The first-order valence-corrected chi connectivity index (χ1v) is 8.48. The lowest BCUT2D eigenvalue weighted by atomic mass is 10.1. The van der Waals surface area contributed by atoms with E-state index in [4.69, 9.17) is 21.3 Å². The number of rotatable bonds is 2. The van der Waals surface area contributed by atoms with E-state index in [1.807, 2.05) is 0 Å². The van der Waals surface area contributed by atoms with E-state index < -0.39 is 0 Å². The molecule has 0 spiro atoms. The molecular weight excluding hydrogens is 342 g/mol. The van der Waals surface area contributed by atoms with Gasteiger partial charge in [-0.1, -0.05) is 11.6 Å². The van der Waals surface area contributed by atoms with Gasteiger partial charge in [0.25, 0.3) is 0 Å². The Bertz CT molecular complexity index is 537. The van der Waals surface area contributed by atoms with Gasteiger partial charge in [0.05, 0.1) is 16.8 Å². The van der Waals surface area contributed by atoms with Gasteiger partial charge in [0, 0.05) is 18.5 Å². The van der Waals surface area contributed by atoms with Crippen molar-refractivity contribution in [2.24, 2.45) is 0 Å². The largest absolute Gasteiger partial charge is 0.367 e. The van der Waals surface area contributed by atoms with Crippen LogP contribution in [0.25, 0.3) is 0 Å². The molecule has 2 atom stereocenters. The summed E-state index contributed by atoms with van der Waals surface area (Å²) in [6.45, 7) is 2.86. The molecule has 2 aliphatic heterocycles. The third-order valence-electron chi connectivity index (χ3n) is 4.49. The van der Waals surface area contributed by atoms with E-state index in [0.717, 1.165) is 29.1 Å². The molecule has 108 valence electrons. The molecule has 2 saturated heterocycles. The van der Waals surface area contributed by atoms with Gasteiger partial charge in [-0.2, -0.15) is 0 Å². The number of nitrogens with zero attached hydrogens (tertiary/aromatic N) is 3. The molecule has 0 amide bonds. The van der Waals surface area contributed by atoms with Crippen LogP contribution in [0.5, 0.6) is 0 Å². The van der Waals surface area contributed by atoms with Gasteiger partial charge in [0.2, 0.25) is 0 Å². The van der Waals surface area contributed by atoms with Gasteiger partial charge in [-0.05, 0) is 48.2 Å². The zero-order chi connectivity index (χ0) is 13.7. The maximum Gasteiger partial charge on any atom is 0.160 e. The number of fused-ring (bicyclic) bond motifs is 1. The quantitative estimate of drug-likeness (QED) is 0.760. The normalized spacial score (nSPS) is 30.5. The van der Waals surface area contributed by atoms with Crippen molar-refractivity contribution in [1.29, 1.82) is 0 Å². The molecule has 0 bridgehead atoms. The number of morpholine rings is 1. The SMILES string of the molecule is Clc1nc(C2CN3CCCC3CO2)nc(C2CC2)c1Br. The van der Waals surface area contributed by atoms with Gasteiger partial charge in [-0.3, -0.25) is 4.90 Å². The van der Waals surface area contributed by atoms with Crippen LogP contribution in [-0.4, -0.2) is 40.6 Å². The van der Waals surface area contributed by atoms with Crippen LogP contribution in [0.15, 0.2) is 4.47 Å². The van der Waals surface area contributed by atoms with Crippen molar-refractivity contribution in [1.82, 2.24) is 14.9 Å². The fourth-order valence-corrected chi connectivity index (χ4v) is 3.88. The Kier molecular flexibility index (Phi) is 3.49. The smallest absolute Gasteiger partial charge is 0.160 e. The Balaban J connectivity index is 1.61. The van der Waals surface area contributed by atoms with E-state index in [9.17, 15) is 0 Å². The van der Waals surface area contributed by atoms with E-state index in [2.05, 4.69) is 25.8 Å². The number of halogens is 2. The van der Waals surface area contributed by atoms with Crippen LogP contribution < -0.4 is 0 Å². The standard InChI is InChI=1S/C14H17BrClN3O/c15-11-12(8-3-4-8)17-14(18-13(11)16)10-6-19-5-1-2-9(19)7-20-10/h8-10H,1-7H2. The third kappa shape index (κ3) is 2.39. The molecule has 1 aromatic heterocycles. The van der Waals surface area contributed by atoms with Crippen LogP contribution >= 0.6 is 27.5 Å². The lowest BCUT2D eigenvalue weighted by Gasteiger charge is -2.34. The summed E-state index contributed by atoms with van der Waals surface area (Å²) < 4.78 is 6.85. The molecule has 3 aliphatic rings. The zero-order valence-corrected chi connectivity index (χ0v) is 13.5. The van der Waals surface area contributed by atoms with Crippen LogP contribution in [0.1, 0.15) is 49.2 Å². The average Bonchev–Trinajstić information content (AvgIpc) is 3.18. The molecule has 1 aliphatic carbocycles. The highest BCUT2D eigenvalue weighted by Crippen LogP contribution is 2.44. The lowest BCUT2D eigenvalue weighted by Crippen LogP contribution is -2.42. The number of aromatic nitrogens is 2. The summed E-state index contributed by atoms with van der Waals surface area (Å²) in [6.07, 6.45) is 4.89. The van der Waals surface area contributed by atoms with Crippen LogP contribution in [0.3, 0.4) is 0 Å². The van der Waals surface area contributed by atoms with Gasteiger partial charge < -0.3 is 4.74 Å². The van der Waals surface area contributed by atoms with Crippen LogP contribution in [0.2, 0.25) is 5.15 Å². The topological polar surface area (TPSA) is 38.2 Å². The maximum atomic E-state index is 6.25. The fraction of sp³-hybridized carbons (Fsp3) is 0.714. The summed E-state index contributed by atoms with van der Waals surface area (Å²) in [7, 11) is 0. The molecule has 1 saturated carbocycles. The van der Waals surface area contributed by atoms with Crippen molar-refractivity contribution in [3.63, 3.8) is 0 Å². The molecule has 3 fully saturated rings. The molecule has 4 nitrogen and oxygen atoms in total. The predicted molar refractivity (Wildman–Crippen MR) is 80.0 cm³/mol. The van der Waals surface area contributed by atoms with E-state index in [0.29, 0.717) is 17.1 Å². The van der Waals surface area contributed by atoms with Crippen molar-refractivity contribution in [3.8, 4) is 0 Å². The van der Waals surface area contributed by atoms with Crippen molar-refractivity contribution in [2.75, 3.05) is 19.7 Å². The summed E-state index contributed by atoms with van der Waals surface area (Å²) in [5.41, 5.74) is 1.06. The minimum atomic E-state index is -0.0348. The lowest BCUT2D eigenvalue weighted by molar-refractivity contribution is -0.0542. The minimum Gasteiger partial charge on any atom is -0.367 e. The Morgan fingerprint density at radius 3 is 2.90 bits per heavy atom. The summed E-state index contributed by atoms with van der Waals surface area (Å²) in [5, 5.41) is 0.518. The number of hydrogen-bond donors (Lipinski definition) is 0. The van der Waals surface area contributed by atoms with Gasteiger partial charge in [-0.25, -0.2) is 9.97 Å². The number of hydrogen-bond acceptors (Lipinski definition) is 4. The molecule has 0 radical (unpaired) electrons. The summed E-state index contributed by atoms with van der Waals surface area (Å²) in [4.78, 5) is 11.7. The molecule has 3 heterocycles. The second-order valence-corrected chi connectivity index (χ2v) is 7.11. The minimum absolute atomic E-state index is 0.0348. The second kappa shape index (κ2) is 5.20. The third-order valence-corrected chi connectivity index (χ3v) is 5.78. The second-order valence-electron chi connectivity index (χ2n) is 5.96. The Labute approximate surface area is 132 Å². The Hall–Kier alpha value is -0.230. The molecule has 2 unspecified atom stereocenters. The van der Waals surface area contributed by atoms with Gasteiger partial charge in [-0.15, -0.1) is 0 Å². The zero-order valence-electron chi connectivity index (χ0n) is 11.2. The van der Waals surface area contributed by atoms with Crippen molar-refractivity contribution in [3.05, 3.63) is 21.1 Å². The highest BCUT2D eigenvalue weighted by molar-refractivity contribution is 9.10. The molecule has 1 aromatic rings. The summed E-state index contributed by atoms with van der Waals surface area (Å²) in [5.74, 6) is 1.30. The first kappa shape index (κ1) is 13.4. The average molecular weight is 359 g/mol. The van der Waals surface area contributed by atoms with Crippen molar-refractivity contribution >= 4 is 27.5 Å². The van der Waals surface area contributed by atoms with Crippen LogP contribution in [-0.2, 0) is 4.74 Å². The van der Waals surface area contributed by atoms with Gasteiger partial charge in [0.1, 0.15) is 11.3 Å². The Morgan fingerprint density at radius 1 is 1.25 bits per heavy atom. The van der Waals surface area contributed by atoms with Crippen LogP contribution in [0.4, 0.5) is 0 Å². The molecule has 20 heavy (non-hydrogen) atoms. The Morgan fingerprint density at radius 2 is 2.10 bits per heavy atom. The van der Waals surface area contributed by atoms with Gasteiger partial charge >= 0.3 is 0 Å². The van der Waals surface area contributed by atoms with Crippen molar-refractivity contribution < 1.29 is 4.74 Å². The fourth-order valence-electron chi connectivity index (χ4n) is 3.20. The first-order chi connectivity index (χ1) is 9.72. The highest BCUT2D eigenvalue weighted by atomic mass is 79.9. The maximum absolute atomic E-state index is 6.25. The van der Waals surface area contributed by atoms with E-state index in [1.165, 1.54) is 32.2 Å². The van der Waals surface area contributed by atoms with E-state index >= 15 is 0 Å². The first-order valence-electron chi connectivity index (χ1n) is 7.31. The molecule has 0 aromatic carbocycles. The predicted octanol–water partition coefficient (Wildman–Crippen LogP) is 3.31. The number of ether oxygens (including phenoxy) is 1. The summed E-state index contributed by atoms with van der Waals surface area (Å²) >= 11 is 9.77. The molecule has 4 rings (SSSR count). The molecular formula is C14H17BrClN3O. The molecule has 6 heteroatoms. The molecule has 0 N–H and O–H groups in total. The monoisotopic (exact) mass is 357 g/mol. The van der Waals surface area contributed by atoms with Crippen molar-refractivity contribution in [2.45, 2.75) is 43.7 Å². The van der Waals surface area contributed by atoms with E-state index in [-0.39, 0.29) is 6.10 Å². The van der Waals surface area contributed by atoms with Crippen LogP contribution in [0, 0.1) is 0 Å². The highest BCUT2D eigenvalue weighted by Gasteiger charge is 2.36. The van der Waals surface area contributed by atoms with Gasteiger partial charge in [0.15, 0.2) is 5.82 Å². The summed E-state index contributed by atoms with van der Waals surface area (Å²) in [6, 6.07) is 0.597. The van der Waals surface area contributed by atoms with E-state index in [1.54, 1.807) is 0 Å².